The highest BCUT2D eigenvalue weighted by Gasteiger charge is 2.14. The van der Waals surface area contributed by atoms with E-state index >= 15 is 0 Å². The third-order valence-corrected chi connectivity index (χ3v) is 2.53. The van der Waals surface area contributed by atoms with Crippen LogP contribution >= 0.6 is 0 Å². The van der Waals surface area contributed by atoms with Crippen LogP contribution in [0.5, 0.6) is 5.75 Å². The van der Waals surface area contributed by atoms with E-state index in [9.17, 15) is 0 Å². The second kappa shape index (κ2) is 5.56. The Balaban J connectivity index is 3.21. The summed E-state index contributed by atoms with van der Waals surface area (Å²) in [5.41, 5.74) is 8.12. The molecule has 0 aromatic heterocycles. The van der Waals surface area contributed by atoms with Crippen LogP contribution < -0.4 is 15.4 Å². The molecule has 0 bridgehead atoms. The van der Waals surface area contributed by atoms with Gasteiger partial charge in [-0.1, -0.05) is 12.1 Å². The van der Waals surface area contributed by atoms with Gasteiger partial charge in [-0.25, -0.2) is 0 Å². The van der Waals surface area contributed by atoms with E-state index in [1.54, 1.807) is 7.11 Å². The van der Waals surface area contributed by atoms with Crippen molar-refractivity contribution >= 4 is 5.69 Å². The lowest BCUT2D eigenvalue weighted by Gasteiger charge is -2.24. The van der Waals surface area contributed by atoms with Crippen molar-refractivity contribution in [3.63, 3.8) is 0 Å². The van der Waals surface area contributed by atoms with Gasteiger partial charge in [-0.3, -0.25) is 0 Å². The highest BCUT2D eigenvalue weighted by molar-refractivity contribution is 5.60. The van der Waals surface area contributed by atoms with E-state index in [-0.39, 0.29) is 6.04 Å². The summed E-state index contributed by atoms with van der Waals surface area (Å²) < 4.78 is 5.34. The standard InChI is InChI=1S/C13H20N2O/c1-5-9-15(3)11-7-6-8-12(16-4)13(11)10(2)14/h5-8,10H,1,9,14H2,2-4H3/t10-/m1/s1. The molecular formula is C13H20N2O. The predicted molar refractivity (Wildman–Crippen MR) is 69.1 cm³/mol. The van der Waals surface area contributed by atoms with Gasteiger partial charge in [0, 0.05) is 30.9 Å². The first kappa shape index (κ1) is 12.6. The molecule has 0 amide bonds. The monoisotopic (exact) mass is 220 g/mol. The summed E-state index contributed by atoms with van der Waals surface area (Å²) in [5, 5.41) is 0. The Morgan fingerprint density at radius 3 is 2.75 bits per heavy atom. The number of benzene rings is 1. The maximum Gasteiger partial charge on any atom is 0.125 e. The molecule has 1 aromatic carbocycles. The van der Waals surface area contributed by atoms with Crippen molar-refractivity contribution in [3.05, 3.63) is 36.4 Å². The highest BCUT2D eigenvalue weighted by atomic mass is 16.5. The predicted octanol–water partition coefficient (Wildman–Crippen LogP) is 2.34. The van der Waals surface area contributed by atoms with Crippen molar-refractivity contribution in [3.8, 4) is 5.75 Å². The van der Waals surface area contributed by atoms with Crippen molar-refractivity contribution in [2.75, 3.05) is 25.6 Å². The van der Waals surface area contributed by atoms with Gasteiger partial charge in [-0.05, 0) is 19.1 Å². The van der Waals surface area contributed by atoms with Crippen molar-refractivity contribution < 1.29 is 4.74 Å². The fourth-order valence-electron chi connectivity index (χ4n) is 1.79. The molecule has 88 valence electrons. The van der Waals surface area contributed by atoms with Gasteiger partial charge in [0.2, 0.25) is 0 Å². The lowest BCUT2D eigenvalue weighted by molar-refractivity contribution is 0.407. The van der Waals surface area contributed by atoms with E-state index in [1.807, 2.05) is 38.2 Å². The summed E-state index contributed by atoms with van der Waals surface area (Å²) in [5.74, 6) is 0.836. The molecule has 0 saturated heterocycles. The Morgan fingerprint density at radius 1 is 1.56 bits per heavy atom. The quantitative estimate of drug-likeness (QED) is 0.774. The molecule has 0 saturated carbocycles. The Bertz CT molecular complexity index is 361. The maximum absolute atomic E-state index is 5.99. The average molecular weight is 220 g/mol. The van der Waals surface area contributed by atoms with Crippen molar-refractivity contribution in [1.29, 1.82) is 0 Å². The molecule has 0 aliphatic rings. The molecule has 0 aliphatic heterocycles. The van der Waals surface area contributed by atoms with E-state index in [0.717, 1.165) is 23.5 Å². The lowest BCUT2D eigenvalue weighted by atomic mass is 10.0. The molecule has 2 N–H and O–H groups in total. The fraction of sp³-hybridized carbons (Fsp3) is 0.385. The van der Waals surface area contributed by atoms with Gasteiger partial charge < -0.3 is 15.4 Å². The number of anilines is 1. The largest absolute Gasteiger partial charge is 0.496 e. The van der Waals surface area contributed by atoms with Gasteiger partial charge in [0.1, 0.15) is 5.75 Å². The summed E-state index contributed by atoms with van der Waals surface area (Å²) in [4.78, 5) is 2.11. The first-order valence-corrected chi connectivity index (χ1v) is 5.36. The maximum atomic E-state index is 5.99. The SMILES string of the molecule is C=CCN(C)c1cccc(OC)c1[C@@H](C)N. The summed E-state index contributed by atoms with van der Waals surface area (Å²) in [7, 11) is 3.68. The van der Waals surface area contributed by atoms with Gasteiger partial charge in [0.15, 0.2) is 0 Å². The number of likely N-dealkylation sites (N-methyl/N-ethyl adjacent to an activating group) is 1. The molecule has 0 radical (unpaired) electrons. The minimum Gasteiger partial charge on any atom is -0.496 e. The molecule has 1 atom stereocenters. The van der Waals surface area contributed by atoms with Gasteiger partial charge in [-0.15, -0.1) is 6.58 Å². The molecule has 3 heteroatoms. The van der Waals surface area contributed by atoms with E-state index in [1.165, 1.54) is 0 Å². The normalized spacial score (nSPS) is 12.0. The van der Waals surface area contributed by atoms with Crippen LogP contribution in [0.3, 0.4) is 0 Å². The number of nitrogens with zero attached hydrogens (tertiary/aromatic N) is 1. The first-order chi connectivity index (χ1) is 7.61. The van der Waals surface area contributed by atoms with E-state index < -0.39 is 0 Å². The molecule has 0 fully saturated rings. The third-order valence-electron chi connectivity index (χ3n) is 2.53. The van der Waals surface area contributed by atoms with Crippen molar-refractivity contribution in [1.82, 2.24) is 0 Å². The molecule has 0 spiro atoms. The van der Waals surface area contributed by atoms with E-state index in [2.05, 4.69) is 11.5 Å². The second-order valence-corrected chi connectivity index (χ2v) is 3.85. The minimum atomic E-state index is -0.0570. The summed E-state index contributed by atoms with van der Waals surface area (Å²) in [6.45, 7) is 6.49. The van der Waals surface area contributed by atoms with Crippen LogP contribution in [0.4, 0.5) is 5.69 Å². The number of ether oxygens (including phenoxy) is 1. The zero-order valence-corrected chi connectivity index (χ0v) is 10.2. The average Bonchev–Trinajstić information content (AvgIpc) is 2.28. The fourth-order valence-corrected chi connectivity index (χ4v) is 1.79. The first-order valence-electron chi connectivity index (χ1n) is 5.36. The van der Waals surface area contributed by atoms with E-state index in [4.69, 9.17) is 10.5 Å². The van der Waals surface area contributed by atoms with Gasteiger partial charge in [0.25, 0.3) is 0 Å². The Kier molecular flexibility index (Phi) is 4.38. The van der Waals surface area contributed by atoms with Crippen molar-refractivity contribution in [2.45, 2.75) is 13.0 Å². The van der Waals surface area contributed by atoms with Crippen LogP contribution in [0.25, 0.3) is 0 Å². The smallest absolute Gasteiger partial charge is 0.125 e. The molecule has 0 unspecified atom stereocenters. The number of nitrogens with two attached hydrogens (primary N) is 1. The number of rotatable bonds is 5. The Hall–Kier alpha value is -1.48. The summed E-state index contributed by atoms with van der Waals surface area (Å²) >= 11 is 0. The summed E-state index contributed by atoms with van der Waals surface area (Å²) in [6, 6.07) is 5.90. The third kappa shape index (κ3) is 2.55. The minimum absolute atomic E-state index is 0.0570. The lowest BCUT2D eigenvalue weighted by Crippen LogP contribution is -2.21. The molecule has 0 heterocycles. The van der Waals surface area contributed by atoms with Crippen LogP contribution in [0.2, 0.25) is 0 Å². The molecule has 3 nitrogen and oxygen atoms in total. The van der Waals surface area contributed by atoms with Crippen LogP contribution in [0, 0.1) is 0 Å². The van der Waals surface area contributed by atoms with Crippen LogP contribution in [-0.4, -0.2) is 20.7 Å². The van der Waals surface area contributed by atoms with Crippen LogP contribution in [0.15, 0.2) is 30.9 Å². The number of hydrogen-bond acceptors (Lipinski definition) is 3. The Morgan fingerprint density at radius 2 is 2.25 bits per heavy atom. The Labute approximate surface area is 97.5 Å². The topological polar surface area (TPSA) is 38.5 Å². The van der Waals surface area contributed by atoms with Gasteiger partial charge >= 0.3 is 0 Å². The van der Waals surface area contributed by atoms with Gasteiger partial charge in [0.05, 0.1) is 7.11 Å². The second-order valence-electron chi connectivity index (χ2n) is 3.85. The van der Waals surface area contributed by atoms with E-state index in [0.29, 0.717) is 0 Å². The number of methoxy groups -OCH3 is 1. The molecule has 16 heavy (non-hydrogen) atoms. The van der Waals surface area contributed by atoms with Crippen LogP contribution in [-0.2, 0) is 0 Å². The van der Waals surface area contributed by atoms with Crippen LogP contribution in [0.1, 0.15) is 18.5 Å². The zero-order chi connectivity index (χ0) is 12.1. The molecule has 1 rings (SSSR count). The van der Waals surface area contributed by atoms with Crippen molar-refractivity contribution in [2.24, 2.45) is 5.73 Å². The molecular weight excluding hydrogens is 200 g/mol. The molecule has 1 aromatic rings. The molecule has 0 aliphatic carbocycles. The highest BCUT2D eigenvalue weighted by Crippen LogP contribution is 2.32. The summed E-state index contributed by atoms with van der Waals surface area (Å²) in [6.07, 6.45) is 1.87. The zero-order valence-electron chi connectivity index (χ0n) is 10.2. The number of hydrogen-bond donors (Lipinski definition) is 1. The van der Waals surface area contributed by atoms with Gasteiger partial charge in [-0.2, -0.15) is 0 Å².